The molecule has 1 aromatic carbocycles. The van der Waals surface area contributed by atoms with Gasteiger partial charge in [0.15, 0.2) is 0 Å². The summed E-state index contributed by atoms with van der Waals surface area (Å²) in [6, 6.07) is 6.88. The maximum absolute atomic E-state index is 11.9. The average Bonchev–Trinajstić information content (AvgIpc) is 2.34. The zero-order chi connectivity index (χ0) is 13.1. The number of benzene rings is 1. The van der Waals surface area contributed by atoms with Gasteiger partial charge >= 0.3 is 5.97 Å². The molecule has 0 spiro atoms. The number of rotatable bonds is 2. The molecule has 1 aliphatic rings. The van der Waals surface area contributed by atoms with E-state index in [-0.39, 0.29) is 12.1 Å². The van der Waals surface area contributed by atoms with Crippen molar-refractivity contribution in [2.24, 2.45) is 11.8 Å². The van der Waals surface area contributed by atoms with Crippen molar-refractivity contribution in [3.8, 4) is 0 Å². The molecule has 0 heterocycles. The van der Waals surface area contributed by atoms with Gasteiger partial charge < -0.3 is 10.5 Å². The van der Waals surface area contributed by atoms with Crippen LogP contribution in [-0.4, -0.2) is 12.1 Å². The van der Waals surface area contributed by atoms with Crippen LogP contribution in [0, 0.1) is 11.8 Å². The van der Waals surface area contributed by atoms with Gasteiger partial charge in [0.2, 0.25) is 0 Å². The Kier molecular flexibility index (Phi) is 3.90. The maximum Gasteiger partial charge on any atom is 0.338 e. The van der Waals surface area contributed by atoms with E-state index in [1.54, 1.807) is 24.3 Å². The van der Waals surface area contributed by atoms with Crippen molar-refractivity contribution in [2.45, 2.75) is 39.2 Å². The molecule has 1 aliphatic carbocycles. The predicted molar refractivity (Wildman–Crippen MR) is 72.2 cm³/mol. The van der Waals surface area contributed by atoms with Gasteiger partial charge in [0, 0.05) is 5.69 Å². The lowest BCUT2D eigenvalue weighted by Crippen LogP contribution is -2.28. The summed E-state index contributed by atoms with van der Waals surface area (Å²) < 4.78 is 5.56. The molecule has 0 aromatic heterocycles. The summed E-state index contributed by atoms with van der Waals surface area (Å²) in [4.78, 5) is 11.9. The average molecular weight is 247 g/mol. The van der Waals surface area contributed by atoms with Gasteiger partial charge in [0.1, 0.15) is 6.10 Å². The normalized spacial score (nSPS) is 27.8. The van der Waals surface area contributed by atoms with Crippen LogP contribution in [-0.2, 0) is 4.74 Å². The Morgan fingerprint density at radius 3 is 2.44 bits per heavy atom. The van der Waals surface area contributed by atoms with Crippen molar-refractivity contribution < 1.29 is 9.53 Å². The Morgan fingerprint density at radius 1 is 1.17 bits per heavy atom. The SMILES string of the molecule is CC1CCC(OC(=O)c2ccc(N)cc2)CC1C. The third-order valence-electron chi connectivity index (χ3n) is 3.97. The van der Waals surface area contributed by atoms with Crippen LogP contribution in [0.25, 0.3) is 0 Å². The largest absolute Gasteiger partial charge is 0.459 e. The summed E-state index contributed by atoms with van der Waals surface area (Å²) in [5.41, 5.74) is 6.83. The summed E-state index contributed by atoms with van der Waals surface area (Å²) >= 11 is 0. The minimum absolute atomic E-state index is 0.0706. The Hall–Kier alpha value is -1.51. The standard InChI is InChI=1S/C15H21NO2/c1-10-3-8-14(9-11(10)2)18-15(17)12-4-6-13(16)7-5-12/h4-7,10-11,14H,3,8-9,16H2,1-2H3. The fourth-order valence-electron chi connectivity index (χ4n) is 2.44. The van der Waals surface area contributed by atoms with Crippen molar-refractivity contribution in [2.75, 3.05) is 5.73 Å². The van der Waals surface area contributed by atoms with E-state index in [9.17, 15) is 4.79 Å². The van der Waals surface area contributed by atoms with E-state index < -0.39 is 0 Å². The molecule has 1 fully saturated rings. The molecule has 0 amide bonds. The molecule has 2 rings (SSSR count). The number of nitrogens with two attached hydrogens (primary N) is 1. The van der Waals surface area contributed by atoms with E-state index in [1.165, 1.54) is 0 Å². The van der Waals surface area contributed by atoms with Crippen molar-refractivity contribution in [3.05, 3.63) is 29.8 Å². The molecular weight excluding hydrogens is 226 g/mol. The number of nitrogen functional groups attached to an aromatic ring is 1. The monoisotopic (exact) mass is 247 g/mol. The topological polar surface area (TPSA) is 52.3 Å². The Bertz CT molecular complexity index is 413. The van der Waals surface area contributed by atoms with Crippen LogP contribution >= 0.6 is 0 Å². The van der Waals surface area contributed by atoms with Gasteiger partial charge in [-0.2, -0.15) is 0 Å². The molecule has 0 aliphatic heterocycles. The van der Waals surface area contributed by atoms with E-state index >= 15 is 0 Å². The number of hydrogen-bond acceptors (Lipinski definition) is 3. The first-order chi connectivity index (χ1) is 8.56. The Morgan fingerprint density at radius 2 is 1.83 bits per heavy atom. The van der Waals surface area contributed by atoms with Crippen LogP contribution in [0.2, 0.25) is 0 Å². The number of ether oxygens (including phenoxy) is 1. The van der Waals surface area contributed by atoms with Crippen molar-refractivity contribution in [3.63, 3.8) is 0 Å². The van der Waals surface area contributed by atoms with Crippen molar-refractivity contribution >= 4 is 11.7 Å². The molecule has 3 heteroatoms. The van der Waals surface area contributed by atoms with E-state index in [0.29, 0.717) is 17.2 Å². The van der Waals surface area contributed by atoms with Gasteiger partial charge in [0.25, 0.3) is 0 Å². The second-order valence-electron chi connectivity index (χ2n) is 5.42. The molecule has 3 atom stereocenters. The van der Waals surface area contributed by atoms with Crippen LogP contribution in [0.1, 0.15) is 43.5 Å². The van der Waals surface area contributed by atoms with E-state index in [2.05, 4.69) is 13.8 Å². The molecule has 1 saturated carbocycles. The number of hydrogen-bond donors (Lipinski definition) is 1. The summed E-state index contributed by atoms with van der Waals surface area (Å²) in [6.07, 6.45) is 3.16. The van der Waals surface area contributed by atoms with Gasteiger partial charge in [-0.25, -0.2) is 4.79 Å². The number of anilines is 1. The summed E-state index contributed by atoms with van der Waals surface area (Å²) in [6.45, 7) is 4.50. The van der Waals surface area contributed by atoms with E-state index in [0.717, 1.165) is 25.2 Å². The first kappa shape index (κ1) is 12.9. The summed E-state index contributed by atoms with van der Waals surface area (Å²) in [5, 5.41) is 0. The molecule has 2 N–H and O–H groups in total. The molecule has 1 aromatic rings. The number of carbonyl (C=O) groups is 1. The van der Waals surface area contributed by atoms with Gasteiger partial charge in [-0.05, 0) is 55.4 Å². The van der Waals surface area contributed by atoms with Crippen LogP contribution in [0.15, 0.2) is 24.3 Å². The highest BCUT2D eigenvalue weighted by Gasteiger charge is 2.27. The zero-order valence-corrected chi connectivity index (χ0v) is 11.1. The minimum atomic E-state index is -0.234. The molecule has 0 radical (unpaired) electrons. The maximum atomic E-state index is 11.9. The molecule has 3 nitrogen and oxygen atoms in total. The molecule has 3 unspecified atom stereocenters. The number of esters is 1. The lowest BCUT2D eigenvalue weighted by atomic mass is 9.80. The quantitative estimate of drug-likeness (QED) is 0.644. The summed E-state index contributed by atoms with van der Waals surface area (Å²) in [7, 11) is 0. The first-order valence-electron chi connectivity index (χ1n) is 6.63. The highest BCUT2D eigenvalue weighted by Crippen LogP contribution is 2.31. The smallest absolute Gasteiger partial charge is 0.338 e. The lowest BCUT2D eigenvalue weighted by Gasteiger charge is -2.31. The third kappa shape index (κ3) is 3.03. The van der Waals surface area contributed by atoms with E-state index in [1.807, 2.05) is 0 Å². The van der Waals surface area contributed by atoms with Crippen LogP contribution in [0.5, 0.6) is 0 Å². The second kappa shape index (κ2) is 5.42. The van der Waals surface area contributed by atoms with Crippen LogP contribution < -0.4 is 5.73 Å². The minimum Gasteiger partial charge on any atom is -0.459 e. The van der Waals surface area contributed by atoms with Gasteiger partial charge in [-0.1, -0.05) is 13.8 Å². The first-order valence-corrected chi connectivity index (χ1v) is 6.63. The fourth-order valence-corrected chi connectivity index (χ4v) is 2.44. The number of carbonyl (C=O) groups excluding carboxylic acids is 1. The van der Waals surface area contributed by atoms with E-state index in [4.69, 9.17) is 10.5 Å². The van der Waals surface area contributed by atoms with Gasteiger partial charge in [0.05, 0.1) is 5.56 Å². The molecular formula is C15H21NO2. The summed E-state index contributed by atoms with van der Waals surface area (Å²) in [5.74, 6) is 1.13. The van der Waals surface area contributed by atoms with Gasteiger partial charge in [-0.3, -0.25) is 0 Å². The fraction of sp³-hybridized carbons (Fsp3) is 0.533. The lowest BCUT2D eigenvalue weighted by molar-refractivity contribution is 0.00879. The molecule has 0 bridgehead atoms. The van der Waals surface area contributed by atoms with Crippen LogP contribution in [0.4, 0.5) is 5.69 Å². The third-order valence-corrected chi connectivity index (χ3v) is 3.97. The highest BCUT2D eigenvalue weighted by atomic mass is 16.5. The van der Waals surface area contributed by atoms with Crippen molar-refractivity contribution in [1.82, 2.24) is 0 Å². The Balaban J connectivity index is 1.93. The highest BCUT2D eigenvalue weighted by molar-refractivity contribution is 5.89. The zero-order valence-electron chi connectivity index (χ0n) is 11.1. The Labute approximate surface area is 108 Å². The molecule has 98 valence electrons. The molecule has 18 heavy (non-hydrogen) atoms. The van der Waals surface area contributed by atoms with Gasteiger partial charge in [-0.15, -0.1) is 0 Å². The predicted octanol–water partition coefficient (Wildman–Crippen LogP) is 3.25. The second-order valence-corrected chi connectivity index (χ2v) is 5.42. The molecule has 0 saturated heterocycles. The van der Waals surface area contributed by atoms with Crippen LogP contribution in [0.3, 0.4) is 0 Å². The van der Waals surface area contributed by atoms with Crippen molar-refractivity contribution in [1.29, 1.82) is 0 Å².